The number of halogens is 4. The first-order valence-corrected chi connectivity index (χ1v) is 7.55. The molecule has 2 aromatic rings. The number of nitrogens with one attached hydrogen (secondary N) is 2. The summed E-state index contributed by atoms with van der Waals surface area (Å²) in [5, 5.41) is 5.49. The van der Waals surface area contributed by atoms with Crippen molar-refractivity contribution in [1.82, 2.24) is 10.3 Å². The summed E-state index contributed by atoms with van der Waals surface area (Å²) in [6.45, 7) is 0.684. The van der Waals surface area contributed by atoms with Crippen molar-refractivity contribution in [3.63, 3.8) is 0 Å². The first-order valence-electron chi connectivity index (χ1n) is 7.17. The highest BCUT2D eigenvalue weighted by molar-refractivity contribution is 6.33. The second kappa shape index (κ2) is 8.17. The molecule has 9 heteroatoms. The Morgan fingerprint density at radius 1 is 1.28 bits per heavy atom. The maximum Gasteiger partial charge on any atom is 0.416 e. The van der Waals surface area contributed by atoms with E-state index in [-0.39, 0.29) is 22.2 Å². The molecule has 2 rings (SSSR count). The molecule has 0 unspecified atom stereocenters. The molecule has 0 saturated heterocycles. The standard InChI is InChI=1S/C16H15ClF3N3O2/c1-25-5-4-22-15(24)10-6-12(9-21-8-10)23-14-7-11(16(18,19)20)2-3-13(14)17/h2-3,6-9,23H,4-5H2,1H3,(H,22,24). The molecule has 0 saturated carbocycles. The number of anilines is 2. The number of benzene rings is 1. The van der Waals surface area contributed by atoms with Crippen molar-refractivity contribution in [2.24, 2.45) is 0 Å². The molecule has 0 aliphatic carbocycles. The van der Waals surface area contributed by atoms with E-state index in [1.54, 1.807) is 0 Å². The fourth-order valence-electron chi connectivity index (χ4n) is 1.95. The minimum absolute atomic E-state index is 0.0650. The average molecular weight is 374 g/mol. The Balaban J connectivity index is 2.18. The third kappa shape index (κ3) is 5.33. The quantitative estimate of drug-likeness (QED) is 0.754. The molecule has 134 valence electrons. The van der Waals surface area contributed by atoms with E-state index in [4.69, 9.17) is 16.3 Å². The van der Waals surface area contributed by atoms with Crippen LogP contribution < -0.4 is 10.6 Å². The van der Waals surface area contributed by atoms with E-state index in [0.29, 0.717) is 18.8 Å². The molecule has 5 nitrogen and oxygen atoms in total. The molecular formula is C16H15ClF3N3O2. The SMILES string of the molecule is COCCNC(=O)c1cncc(Nc2cc(C(F)(F)F)ccc2Cl)c1. The maximum atomic E-state index is 12.8. The molecule has 1 aromatic carbocycles. The first-order chi connectivity index (χ1) is 11.8. The van der Waals surface area contributed by atoms with Gasteiger partial charge >= 0.3 is 6.18 Å². The second-order valence-corrected chi connectivity index (χ2v) is 5.44. The molecule has 0 atom stereocenters. The zero-order valence-corrected chi connectivity index (χ0v) is 13.9. The van der Waals surface area contributed by atoms with Gasteiger partial charge in [0.15, 0.2) is 0 Å². The Hall–Kier alpha value is -2.32. The van der Waals surface area contributed by atoms with Crippen LogP contribution in [-0.2, 0) is 10.9 Å². The largest absolute Gasteiger partial charge is 0.416 e. The Kier molecular flexibility index (Phi) is 6.22. The molecule has 1 amide bonds. The number of carbonyl (C=O) groups excluding carboxylic acids is 1. The van der Waals surface area contributed by atoms with Gasteiger partial charge in [0.1, 0.15) is 0 Å². The zero-order chi connectivity index (χ0) is 18.4. The number of ether oxygens (including phenoxy) is 1. The van der Waals surface area contributed by atoms with Crippen molar-refractivity contribution in [3.8, 4) is 0 Å². The monoisotopic (exact) mass is 373 g/mol. The van der Waals surface area contributed by atoms with Gasteiger partial charge in [-0.3, -0.25) is 9.78 Å². The summed E-state index contributed by atoms with van der Waals surface area (Å²) in [7, 11) is 1.51. The number of nitrogens with zero attached hydrogens (tertiary/aromatic N) is 1. The highest BCUT2D eigenvalue weighted by Crippen LogP contribution is 2.34. The lowest BCUT2D eigenvalue weighted by Crippen LogP contribution is -2.27. The molecule has 1 aromatic heterocycles. The maximum absolute atomic E-state index is 12.8. The van der Waals surface area contributed by atoms with E-state index in [9.17, 15) is 18.0 Å². The van der Waals surface area contributed by atoms with Crippen molar-refractivity contribution in [1.29, 1.82) is 0 Å². The molecular weight excluding hydrogens is 359 g/mol. The van der Waals surface area contributed by atoms with Crippen LogP contribution in [0, 0.1) is 0 Å². The zero-order valence-electron chi connectivity index (χ0n) is 13.2. The second-order valence-electron chi connectivity index (χ2n) is 5.03. The highest BCUT2D eigenvalue weighted by atomic mass is 35.5. The number of hydrogen-bond acceptors (Lipinski definition) is 4. The number of amides is 1. The Bertz CT molecular complexity index is 754. The third-order valence-corrected chi connectivity index (χ3v) is 3.49. The van der Waals surface area contributed by atoms with Crippen LogP contribution in [0.4, 0.5) is 24.5 Å². The van der Waals surface area contributed by atoms with Crippen molar-refractivity contribution >= 4 is 28.9 Å². The van der Waals surface area contributed by atoms with Crippen LogP contribution in [0.5, 0.6) is 0 Å². The van der Waals surface area contributed by atoms with Gasteiger partial charge in [-0.15, -0.1) is 0 Å². The summed E-state index contributed by atoms with van der Waals surface area (Å²) in [5.74, 6) is -0.372. The lowest BCUT2D eigenvalue weighted by atomic mass is 10.2. The van der Waals surface area contributed by atoms with Gasteiger partial charge in [0, 0.05) is 19.9 Å². The van der Waals surface area contributed by atoms with E-state index < -0.39 is 11.7 Å². The summed E-state index contributed by atoms with van der Waals surface area (Å²) in [5.41, 5.74) is -0.180. The van der Waals surface area contributed by atoms with Gasteiger partial charge in [-0.05, 0) is 24.3 Å². The van der Waals surface area contributed by atoms with E-state index >= 15 is 0 Å². The van der Waals surface area contributed by atoms with Gasteiger partial charge in [-0.25, -0.2) is 0 Å². The number of aromatic nitrogens is 1. The lowest BCUT2D eigenvalue weighted by molar-refractivity contribution is -0.137. The molecule has 0 aliphatic heterocycles. The molecule has 0 aliphatic rings. The van der Waals surface area contributed by atoms with E-state index in [0.717, 1.165) is 18.2 Å². The molecule has 0 bridgehead atoms. The van der Waals surface area contributed by atoms with E-state index in [1.807, 2.05) is 0 Å². The van der Waals surface area contributed by atoms with Crippen LogP contribution >= 0.6 is 11.6 Å². The smallest absolute Gasteiger partial charge is 0.383 e. The van der Waals surface area contributed by atoms with Crippen molar-refractivity contribution in [2.45, 2.75) is 6.18 Å². The molecule has 25 heavy (non-hydrogen) atoms. The Labute approximate surface area is 147 Å². The van der Waals surface area contributed by atoms with Crippen LogP contribution in [0.1, 0.15) is 15.9 Å². The first kappa shape index (κ1) is 19.0. The number of methoxy groups -OCH3 is 1. The number of alkyl halides is 3. The summed E-state index contributed by atoms with van der Waals surface area (Å²) in [6, 6.07) is 4.41. The van der Waals surface area contributed by atoms with Crippen LogP contribution in [0.15, 0.2) is 36.7 Å². The Morgan fingerprint density at radius 3 is 2.72 bits per heavy atom. The van der Waals surface area contributed by atoms with Crippen molar-refractivity contribution in [3.05, 3.63) is 52.8 Å². The topological polar surface area (TPSA) is 63.2 Å². The number of pyridine rings is 1. The van der Waals surface area contributed by atoms with Gasteiger partial charge < -0.3 is 15.4 Å². The molecule has 2 N–H and O–H groups in total. The summed E-state index contributed by atoms with van der Waals surface area (Å²) in [6.07, 6.45) is -1.76. The number of rotatable bonds is 6. The van der Waals surface area contributed by atoms with Gasteiger partial charge in [0.25, 0.3) is 5.91 Å². The molecule has 0 fully saturated rings. The third-order valence-electron chi connectivity index (χ3n) is 3.16. The summed E-state index contributed by atoms with van der Waals surface area (Å²) < 4.78 is 43.3. The van der Waals surface area contributed by atoms with Crippen LogP contribution in [0.25, 0.3) is 0 Å². The van der Waals surface area contributed by atoms with E-state index in [1.165, 1.54) is 25.6 Å². The molecule has 0 radical (unpaired) electrons. The minimum atomic E-state index is -4.48. The molecule has 1 heterocycles. The lowest BCUT2D eigenvalue weighted by Gasteiger charge is -2.13. The predicted octanol–water partition coefficient (Wildman–Crippen LogP) is 3.87. The predicted molar refractivity (Wildman–Crippen MR) is 88.2 cm³/mol. The molecule has 0 spiro atoms. The summed E-state index contributed by atoms with van der Waals surface area (Å²) >= 11 is 5.94. The number of carbonyl (C=O) groups is 1. The van der Waals surface area contributed by atoms with Crippen LogP contribution in [0.2, 0.25) is 5.02 Å². The normalized spacial score (nSPS) is 11.2. The Morgan fingerprint density at radius 2 is 2.04 bits per heavy atom. The number of hydrogen-bond donors (Lipinski definition) is 2. The van der Waals surface area contributed by atoms with Gasteiger partial charge in [-0.1, -0.05) is 11.6 Å². The van der Waals surface area contributed by atoms with E-state index in [2.05, 4.69) is 15.6 Å². The minimum Gasteiger partial charge on any atom is -0.383 e. The van der Waals surface area contributed by atoms with Crippen molar-refractivity contribution in [2.75, 3.05) is 25.6 Å². The van der Waals surface area contributed by atoms with Crippen LogP contribution in [0.3, 0.4) is 0 Å². The van der Waals surface area contributed by atoms with Gasteiger partial charge in [0.2, 0.25) is 0 Å². The van der Waals surface area contributed by atoms with Crippen LogP contribution in [-0.4, -0.2) is 31.2 Å². The summed E-state index contributed by atoms with van der Waals surface area (Å²) in [4.78, 5) is 15.9. The van der Waals surface area contributed by atoms with Gasteiger partial charge in [-0.2, -0.15) is 13.2 Å². The highest BCUT2D eigenvalue weighted by Gasteiger charge is 2.31. The van der Waals surface area contributed by atoms with Crippen molar-refractivity contribution < 1.29 is 22.7 Å². The van der Waals surface area contributed by atoms with Gasteiger partial charge in [0.05, 0.1) is 40.3 Å². The average Bonchev–Trinajstić information content (AvgIpc) is 2.56. The fraction of sp³-hybridized carbons (Fsp3) is 0.250. The fourth-order valence-corrected chi connectivity index (χ4v) is 2.12.